The summed E-state index contributed by atoms with van der Waals surface area (Å²) in [7, 11) is 0. The number of rotatable bonds is 4. The normalized spacial score (nSPS) is 22.6. The van der Waals surface area contributed by atoms with Crippen LogP contribution in [0.4, 0.5) is 17.6 Å². The molecular weight excluding hydrogens is 312 g/mol. The van der Waals surface area contributed by atoms with Gasteiger partial charge in [0.2, 0.25) is 5.95 Å². The van der Waals surface area contributed by atoms with Crippen molar-refractivity contribution in [3.8, 4) is 0 Å². The molecule has 9 nitrogen and oxygen atoms in total. The molecule has 1 aromatic heterocycles. The van der Waals surface area contributed by atoms with Crippen LogP contribution in [0.2, 0.25) is 0 Å². The minimum absolute atomic E-state index is 0.0736. The Labute approximate surface area is 140 Å². The highest BCUT2D eigenvalue weighted by molar-refractivity contribution is 5.69. The maximum Gasteiger partial charge on any atom is 0.317 e. The number of aliphatic carboxylic acids is 1. The van der Waals surface area contributed by atoms with Gasteiger partial charge in [-0.1, -0.05) is 0 Å². The Morgan fingerprint density at radius 2 is 1.92 bits per heavy atom. The second kappa shape index (κ2) is 7.18. The number of nitrogen functional groups attached to an aromatic ring is 1. The van der Waals surface area contributed by atoms with E-state index in [9.17, 15) is 9.90 Å². The van der Waals surface area contributed by atoms with E-state index in [2.05, 4.69) is 14.9 Å². The van der Waals surface area contributed by atoms with Crippen LogP contribution in [0.1, 0.15) is 12.8 Å². The van der Waals surface area contributed by atoms with Gasteiger partial charge in [0.1, 0.15) is 11.6 Å². The number of aromatic nitrogens is 2. The number of β-amino-alcohol motifs (C(OH)–C–C–N with tert-alkyl or cyclic N) is 1. The molecule has 3 rings (SSSR count). The molecule has 0 unspecified atom stereocenters. The number of hydrogen-bond acceptors (Lipinski definition) is 8. The maximum absolute atomic E-state index is 10.9. The van der Waals surface area contributed by atoms with Gasteiger partial charge in [-0.05, 0) is 12.8 Å². The fourth-order valence-corrected chi connectivity index (χ4v) is 3.26. The van der Waals surface area contributed by atoms with E-state index in [1.165, 1.54) is 0 Å². The lowest BCUT2D eigenvalue weighted by Crippen LogP contribution is -2.36. The highest BCUT2D eigenvalue weighted by Crippen LogP contribution is 2.22. The molecule has 2 aliphatic rings. The van der Waals surface area contributed by atoms with Gasteiger partial charge in [-0.2, -0.15) is 9.97 Å². The Hall–Kier alpha value is -2.13. The highest BCUT2D eigenvalue weighted by Gasteiger charge is 2.25. The fraction of sp³-hybridized carbons (Fsp3) is 0.667. The Morgan fingerprint density at radius 1 is 1.17 bits per heavy atom. The lowest BCUT2D eigenvalue weighted by Gasteiger charge is -2.25. The van der Waals surface area contributed by atoms with Gasteiger partial charge in [0.15, 0.2) is 0 Å². The molecule has 1 aromatic rings. The van der Waals surface area contributed by atoms with Crippen LogP contribution >= 0.6 is 0 Å². The minimum Gasteiger partial charge on any atom is -0.480 e. The Morgan fingerprint density at radius 3 is 2.62 bits per heavy atom. The molecule has 4 N–H and O–H groups in total. The van der Waals surface area contributed by atoms with E-state index >= 15 is 0 Å². The van der Waals surface area contributed by atoms with Crippen molar-refractivity contribution in [2.24, 2.45) is 0 Å². The van der Waals surface area contributed by atoms with Crippen LogP contribution in [0.3, 0.4) is 0 Å². The standard InChI is InChI=1S/C15H24N6O3/c16-12-7-13(18-15(17-12)20-3-1-2-4-20)21-6-5-19(10-14(23)24)8-11(22)9-21/h7,11,22H,1-6,8-10H2,(H,23,24)(H2,16,17,18)/t11-/m1/s1. The zero-order valence-corrected chi connectivity index (χ0v) is 13.6. The highest BCUT2D eigenvalue weighted by atomic mass is 16.4. The van der Waals surface area contributed by atoms with Crippen LogP contribution in [0.5, 0.6) is 0 Å². The number of nitrogens with two attached hydrogens (primary N) is 1. The lowest BCUT2D eigenvalue weighted by atomic mass is 10.3. The molecule has 0 aliphatic carbocycles. The predicted molar refractivity (Wildman–Crippen MR) is 90.2 cm³/mol. The number of carbonyl (C=O) groups is 1. The largest absolute Gasteiger partial charge is 0.480 e. The second-order valence-corrected chi connectivity index (χ2v) is 6.37. The molecule has 0 radical (unpaired) electrons. The smallest absolute Gasteiger partial charge is 0.317 e. The van der Waals surface area contributed by atoms with Gasteiger partial charge in [-0.25, -0.2) is 0 Å². The molecule has 24 heavy (non-hydrogen) atoms. The summed E-state index contributed by atoms with van der Waals surface area (Å²) in [5, 5.41) is 19.1. The number of anilines is 3. The molecule has 0 amide bonds. The van der Waals surface area contributed by atoms with Gasteiger partial charge >= 0.3 is 5.97 Å². The molecule has 2 aliphatic heterocycles. The van der Waals surface area contributed by atoms with Crippen molar-refractivity contribution in [1.29, 1.82) is 0 Å². The van der Waals surface area contributed by atoms with Crippen LogP contribution in [0.25, 0.3) is 0 Å². The Balaban J connectivity index is 1.76. The summed E-state index contributed by atoms with van der Waals surface area (Å²) in [5.41, 5.74) is 5.95. The van der Waals surface area contributed by atoms with Gasteiger partial charge in [0.25, 0.3) is 0 Å². The van der Waals surface area contributed by atoms with Crippen molar-refractivity contribution in [2.45, 2.75) is 18.9 Å². The monoisotopic (exact) mass is 336 g/mol. The predicted octanol–water partition coefficient (Wildman–Crippen LogP) is -0.773. The first kappa shape index (κ1) is 16.7. The summed E-state index contributed by atoms with van der Waals surface area (Å²) in [5.74, 6) is 0.825. The summed E-state index contributed by atoms with van der Waals surface area (Å²) in [6, 6.07) is 1.71. The first-order valence-corrected chi connectivity index (χ1v) is 8.28. The minimum atomic E-state index is -0.891. The van der Waals surface area contributed by atoms with E-state index in [4.69, 9.17) is 10.8 Å². The molecule has 2 fully saturated rings. The molecule has 0 spiro atoms. The van der Waals surface area contributed by atoms with E-state index in [1.807, 2.05) is 4.90 Å². The van der Waals surface area contributed by atoms with Crippen LogP contribution in [0.15, 0.2) is 6.07 Å². The summed E-state index contributed by atoms with van der Waals surface area (Å²) in [6.45, 7) is 3.65. The SMILES string of the molecule is Nc1cc(N2CCN(CC(=O)O)C[C@@H](O)C2)nc(N2CCCC2)n1. The first-order valence-electron chi connectivity index (χ1n) is 8.28. The topological polar surface area (TPSA) is 119 Å². The summed E-state index contributed by atoms with van der Waals surface area (Å²) in [4.78, 5) is 25.6. The number of carboxylic acids is 1. The number of aliphatic hydroxyl groups is 1. The van der Waals surface area contributed by atoms with Gasteiger partial charge in [0.05, 0.1) is 12.6 Å². The van der Waals surface area contributed by atoms with Crippen molar-refractivity contribution in [2.75, 3.05) is 61.3 Å². The average molecular weight is 336 g/mol. The fourth-order valence-electron chi connectivity index (χ4n) is 3.26. The third-order valence-corrected chi connectivity index (χ3v) is 4.38. The molecule has 2 saturated heterocycles. The number of aliphatic hydroxyl groups excluding tert-OH is 1. The molecule has 0 saturated carbocycles. The van der Waals surface area contributed by atoms with Gasteiger partial charge in [-0.15, -0.1) is 0 Å². The molecule has 0 aromatic carbocycles. The average Bonchev–Trinajstić information content (AvgIpc) is 2.98. The maximum atomic E-state index is 10.9. The zero-order valence-electron chi connectivity index (χ0n) is 13.6. The number of carboxylic acid groups (broad SMARTS) is 1. The van der Waals surface area contributed by atoms with Crippen LogP contribution < -0.4 is 15.5 Å². The van der Waals surface area contributed by atoms with Crippen molar-refractivity contribution in [3.63, 3.8) is 0 Å². The van der Waals surface area contributed by atoms with Crippen LogP contribution in [0, 0.1) is 0 Å². The van der Waals surface area contributed by atoms with E-state index in [0.717, 1.165) is 25.9 Å². The van der Waals surface area contributed by atoms with E-state index < -0.39 is 12.1 Å². The first-order chi connectivity index (χ1) is 11.5. The Bertz CT molecular complexity index is 593. The molecular formula is C15H24N6O3. The van der Waals surface area contributed by atoms with Crippen molar-refractivity contribution in [3.05, 3.63) is 6.07 Å². The molecule has 9 heteroatoms. The van der Waals surface area contributed by atoms with Crippen molar-refractivity contribution in [1.82, 2.24) is 14.9 Å². The van der Waals surface area contributed by atoms with Gasteiger partial charge in [-0.3, -0.25) is 9.69 Å². The molecule has 1 atom stereocenters. The summed E-state index contributed by atoms with van der Waals surface area (Å²) < 4.78 is 0. The van der Waals surface area contributed by atoms with Crippen molar-refractivity contribution >= 4 is 23.6 Å². The quantitative estimate of drug-likeness (QED) is 0.651. The molecule has 0 bridgehead atoms. The molecule has 3 heterocycles. The Kier molecular flexibility index (Phi) is 5.00. The van der Waals surface area contributed by atoms with E-state index in [-0.39, 0.29) is 6.54 Å². The number of hydrogen-bond donors (Lipinski definition) is 3. The third-order valence-electron chi connectivity index (χ3n) is 4.38. The molecule has 132 valence electrons. The number of nitrogens with zero attached hydrogens (tertiary/aromatic N) is 5. The summed E-state index contributed by atoms with van der Waals surface area (Å²) in [6.07, 6.45) is 1.61. The van der Waals surface area contributed by atoms with Crippen molar-refractivity contribution < 1.29 is 15.0 Å². The van der Waals surface area contributed by atoms with Crippen LogP contribution in [-0.2, 0) is 4.79 Å². The third kappa shape index (κ3) is 4.04. The summed E-state index contributed by atoms with van der Waals surface area (Å²) >= 11 is 0. The van der Waals surface area contributed by atoms with Gasteiger partial charge < -0.3 is 25.7 Å². The van der Waals surface area contributed by atoms with Crippen LogP contribution in [-0.4, -0.2) is 83.0 Å². The second-order valence-electron chi connectivity index (χ2n) is 6.37. The van der Waals surface area contributed by atoms with Gasteiger partial charge in [0, 0.05) is 45.3 Å². The van der Waals surface area contributed by atoms with E-state index in [0.29, 0.717) is 43.8 Å². The van der Waals surface area contributed by atoms with E-state index in [1.54, 1.807) is 11.0 Å². The zero-order chi connectivity index (χ0) is 17.1. The lowest BCUT2D eigenvalue weighted by molar-refractivity contribution is -0.138.